The lowest BCUT2D eigenvalue weighted by molar-refractivity contribution is 0.670. The molecular formula is C54H36N2O. The summed E-state index contributed by atoms with van der Waals surface area (Å²) in [4.78, 5) is 2.32. The number of aromatic nitrogens is 1. The van der Waals surface area contributed by atoms with Gasteiger partial charge in [0.05, 0.1) is 11.0 Å². The third-order valence-electron chi connectivity index (χ3n) is 11.2. The fourth-order valence-electron chi connectivity index (χ4n) is 8.46. The van der Waals surface area contributed by atoms with Gasteiger partial charge in [-0.3, -0.25) is 0 Å². The summed E-state index contributed by atoms with van der Waals surface area (Å²) in [5.74, 6) is 0. The molecule has 0 atom stereocenters. The van der Waals surface area contributed by atoms with Crippen LogP contribution in [0.15, 0.2) is 223 Å². The van der Waals surface area contributed by atoms with Crippen LogP contribution in [0.25, 0.3) is 82.8 Å². The van der Waals surface area contributed by atoms with E-state index in [2.05, 4.69) is 222 Å². The summed E-state index contributed by atoms with van der Waals surface area (Å²) in [5.41, 5.74) is 15.4. The highest BCUT2D eigenvalue weighted by Gasteiger charge is 2.19. The summed E-state index contributed by atoms with van der Waals surface area (Å²) in [7, 11) is 0. The monoisotopic (exact) mass is 728 g/mol. The molecule has 0 amide bonds. The van der Waals surface area contributed by atoms with Crippen molar-refractivity contribution >= 4 is 60.8 Å². The molecule has 0 bridgehead atoms. The number of furan rings is 1. The van der Waals surface area contributed by atoms with Gasteiger partial charge in [-0.15, -0.1) is 0 Å². The summed E-state index contributed by atoms with van der Waals surface area (Å²) in [6.07, 6.45) is 0. The number of rotatable bonds is 7. The van der Waals surface area contributed by atoms with Crippen molar-refractivity contribution in [2.24, 2.45) is 0 Å². The molecule has 268 valence electrons. The Hall–Kier alpha value is -7.62. The number of nitrogens with zero attached hydrogens (tertiary/aromatic N) is 2. The van der Waals surface area contributed by atoms with Crippen molar-refractivity contribution in [1.29, 1.82) is 0 Å². The lowest BCUT2D eigenvalue weighted by Crippen LogP contribution is -2.09. The van der Waals surface area contributed by atoms with Crippen LogP contribution in [0.4, 0.5) is 17.1 Å². The van der Waals surface area contributed by atoms with Gasteiger partial charge in [0.1, 0.15) is 11.2 Å². The Morgan fingerprint density at radius 2 is 0.860 bits per heavy atom. The predicted octanol–water partition coefficient (Wildman–Crippen LogP) is 15.2. The first-order chi connectivity index (χ1) is 28.3. The molecule has 2 heterocycles. The second-order valence-corrected chi connectivity index (χ2v) is 14.5. The molecule has 0 aliphatic rings. The zero-order chi connectivity index (χ0) is 37.7. The first-order valence-electron chi connectivity index (χ1n) is 19.4. The molecule has 2 aromatic heterocycles. The molecule has 11 aromatic rings. The van der Waals surface area contributed by atoms with Crippen LogP contribution in [0.2, 0.25) is 0 Å². The normalized spacial score (nSPS) is 11.5. The number of hydrogen-bond acceptors (Lipinski definition) is 2. The molecule has 0 spiro atoms. The molecule has 0 unspecified atom stereocenters. The minimum Gasteiger partial charge on any atom is -0.455 e. The summed E-state index contributed by atoms with van der Waals surface area (Å²) < 4.78 is 9.06. The predicted molar refractivity (Wildman–Crippen MR) is 239 cm³/mol. The highest BCUT2D eigenvalue weighted by atomic mass is 16.3. The van der Waals surface area contributed by atoms with E-state index in [1.807, 2.05) is 6.07 Å². The number of fused-ring (bicyclic) bond motifs is 6. The molecule has 0 radical (unpaired) electrons. The largest absolute Gasteiger partial charge is 0.455 e. The van der Waals surface area contributed by atoms with Gasteiger partial charge in [0.15, 0.2) is 0 Å². The van der Waals surface area contributed by atoms with E-state index in [4.69, 9.17) is 4.42 Å². The van der Waals surface area contributed by atoms with E-state index in [1.165, 1.54) is 27.4 Å². The van der Waals surface area contributed by atoms with Crippen molar-refractivity contribution in [2.45, 2.75) is 0 Å². The zero-order valence-electron chi connectivity index (χ0n) is 31.1. The smallest absolute Gasteiger partial charge is 0.143 e. The van der Waals surface area contributed by atoms with Crippen molar-refractivity contribution < 1.29 is 4.42 Å². The van der Waals surface area contributed by atoms with Crippen LogP contribution in [0.3, 0.4) is 0 Å². The van der Waals surface area contributed by atoms with Gasteiger partial charge in [0.25, 0.3) is 0 Å². The lowest BCUT2D eigenvalue weighted by Gasteiger charge is -2.26. The highest BCUT2D eigenvalue weighted by Crippen LogP contribution is 2.43. The van der Waals surface area contributed by atoms with E-state index >= 15 is 0 Å². The molecule has 0 fully saturated rings. The molecule has 3 nitrogen and oxygen atoms in total. The van der Waals surface area contributed by atoms with Gasteiger partial charge in [-0.1, -0.05) is 140 Å². The van der Waals surface area contributed by atoms with E-state index in [0.717, 1.165) is 72.5 Å². The lowest BCUT2D eigenvalue weighted by atomic mass is 9.95. The molecule has 0 N–H and O–H groups in total. The Kier molecular flexibility index (Phi) is 7.82. The van der Waals surface area contributed by atoms with Gasteiger partial charge in [-0.2, -0.15) is 0 Å². The van der Waals surface area contributed by atoms with Gasteiger partial charge in [-0.05, 0) is 107 Å². The minimum absolute atomic E-state index is 0.887. The van der Waals surface area contributed by atoms with E-state index in [9.17, 15) is 0 Å². The summed E-state index contributed by atoms with van der Waals surface area (Å²) >= 11 is 0. The quantitative estimate of drug-likeness (QED) is 0.163. The standard InChI is InChI=1S/C54H36N2O/c1-4-14-37(15-5-1)38-24-29-44(30-25-38)55(42-16-6-2-7-17-42)45-31-26-39(27-32-45)41-34-49(54-50(35-41)48-21-11-13-23-53(48)57-54)40-28-33-47-46-20-10-12-22-51(46)56(52(47)36-40)43-18-8-3-9-19-43/h1-36H. The molecule has 0 aliphatic carbocycles. The van der Waals surface area contributed by atoms with Crippen LogP contribution in [0.1, 0.15) is 0 Å². The maximum atomic E-state index is 6.69. The molecule has 9 aromatic carbocycles. The second-order valence-electron chi connectivity index (χ2n) is 14.5. The number of anilines is 3. The molecular weight excluding hydrogens is 693 g/mol. The third-order valence-corrected chi connectivity index (χ3v) is 11.2. The summed E-state index contributed by atoms with van der Waals surface area (Å²) in [5, 5.41) is 4.68. The maximum absolute atomic E-state index is 6.69. The van der Waals surface area contributed by atoms with Crippen LogP contribution in [-0.2, 0) is 0 Å². The zero-order valence-corrected chi connectivity index (χ0v) is 31.1. The molecule has 11 rings (SSSR count). The number of benzene rings is 9. The Labute approximate surface area is 330 Å². The van der Waals surface area contributed by atoms with E-state index in [1.54, 1.807) is 0 Å². The Balaban J connectivity index is 1.05. The maximum Gasteiger partial charge on any atom is 0.143 e. The van der Waals surface area contributed by atoms with Gasteiger partial charge in [0, 0.05) is 49.9 Å². The Bertz CT molecular complexity index is 3200. The SMILES string of the molecule is c1ccc(-c2ccc(N(c3ccccc3)c3ccc(-c4cc(-c5ccc6c7ccccc7n(-c7ccccc7)c6c5)c5oc6ccccc6c5c4)cc3)cc2)cc1. The average molecular weight is 729 g/mol. The first kappa shape index (κ1) is 32.8. The summed E-state index contributed by atoms with van der Waals surface area (Å²) in [6, 6.07) is 78.0. The van der Waals surface area contributed by atoms with Gasteiger partial charge in [-0.25, -0.2) is 0 Å². The van der Waals surface area contributed by atoms with Crippen LogP contribution in [0.5, 0.6) is 0 Å². The van der Waals surface area contributed by atoms with Crippen LogP contribution in [-0.4, -0.2) is 4.57 Å². The summed E-state index contributed by atoms with van der Waals surface area (Å²) in [6.45, 7) is 0. The van der Waals surface area contributed by atoms with Crippen LogP contribution >= 0.6 is 0 Å². The average Bonchev–Trinajstić information content (AvgIpc) is 3.83. The van der Waals surface area contributed by atoms with E-state index in [-0.39, 0.29) is 0 Å². The molecule has 0 saturated carbocycles. The van der Waals surface area contributed by atoms with Gasteiger partial charge >= 0.3 is 0 Å². The highest BCUT2D eigenvalue weighted by molar-refractivity contribution is 6.14. The van der Waals surface area contributed by atoms with Crippen molar-refractivity contribution in [1.82, 2.24) is 4.57 Å². The minimum atomic E-state index is 0.887. The van der Waals surface area contributed by atoms with Crippen molar-refractivity contribution in [2.75, 3.05) is 4.90 Å². The fourth-order valence-corrected chi connectivity index (χ4v) is 8.46. The third kappa shape index (κ3) is 5.68. The topological polar surface area (TPSA) is 21.3 Å². The fraction of sp³-hybridized carbons (Fsp3) is 0. The second kappa shape index (κ2) is 13.6. The van der Waals surface area contributed by atoms with E-state index in [0.29, 0.717) is 0 Å². The van der Waals surface area contributed by atoms with Crippen LogP contribution < -0.4 is 4.90 Å². The van der Waals surface area contributed by atoms with Gasteiger partial charge in [0.2, 0.25) is 0 Å². The van der Waals surface area contributed by atoms with Crippen LogP contribution in [0, 0.1) is 0 Å². The number of hydrogen-bond donors (Lipinski definition) is 0. The van der Waals surface area contributed by atoms with Crippen molar-refractivity contribution in [3.05, 3.63) is 218 Å². The van der Waals surface area contributed by atoms with Crippen molar-refractivity contribution in [3.8, 4) is 39.1 Å². The molecule has 57 heavy (non-hydrogen) atoms. The van der Waals surface area contributed by atoms with E-state index < -0.39 is 0 Å². The molecule has 3 heteroatoms. The Morgan fingerprint density at radius 3 is 1.58 bits per heavy atom. The van der Waals surface area contributed by atoms with Gasteiger partial charge < -0.3 is 13.9 Å². The van der Waals surface area contributed by atoms with Crippen molar-refractivity contribution in [3.63, 3.8) is 0 Å². The Morgan fingerprint density at radius 1 is 0.333 bits per heavy atom. The first-order valence-corrected chi connectivity index (χ1v) is 19.4. The number of para-hydroxylation sites is 4. The molecule has 0 saturated heterocycles. The molecule has 0 aliphatic heterocycles.